The Balaban J connectivity index is 1.54. The first-order chi connectivity index (χ1) is 16.0. The highest BCUT2D eigenvalue weighted by atomic mass is 35.5. The van der Waals surface area contributed by atoms with Gasteiger partial charge in [0.25, 0.3) is 11.1 Å². The van der Waals surface area contributed by atoms with E-state index in [9.17, 15) is 14.4 Å². The molecule has 1 atom stereocenters. The molecule has 3 amide bonds. The molecule has 178 valence electrons. The molecular formula is C26H28ClN3O3S. The van der Waals surface area contributed by atoms with Crippen LogP contribution in [-0.4, -0.2) is 41.1 Å². The molecule has 0 aromatic heterocycles. The lowest BCUT2D eigenvalue weighted by atomic mass is 9.80. The molecule has 0 saturated carbocycles. The molecule has 0 bridgehead atoms. The Morgan fingerprint density at radius 1 is 1.26 bits per heavy atom. The van der Waals surface area contributed by atoms with E-state index in [1.807, 2.05) is 37.3 Å². The number of carbonyl (C=O) groups is 3. The smallest absolute Gasteiger partial charge is 0.294 e. The fourth-order valence-electron chi connectivity index (χ4n) is 4.56. The summed E-state index contributed by atoms with van der Waals surface area (Å²) in [6.07, 6.45) is 2.64. The topological polar surface area (TPSA) is 69.7 Å². The van der Waals surface area contributed by atoms with Crippen LogP contribution in [0.15, 0.2) is 41.3 Å². The van der Waals surface area contributed by atoms with Crippen LogP contribution < -0.4 is 10.2 Å². The number of hydrogen-bond donors (Lipinski definition) is 1. The van der Waals surface area contributed by atoms with Gasteiger partial charge in [-0.05, 0) is 91.9 Å². The van der Waals surface area contributed by atoms with Gasteiger partial charge in [0.15, 0.2) is 0 Å². The predicted octanol–water partition coefficient (Wildman–Crippen LogP) is 6.05. The second-order valence-electron chi connectivity index (χ2n) is 9.59. The summed E-state index contributed by atoms with van der Waals surface area (Å²) in [5.41, 5.74) is 4.56. The van der Waals surface area contributed by atoms with Crippen LogP contribution in [0.5, 0.6) is 0 Å². The highest BCUT2D eigenvalue weighted by Gasteiger charge is 2.37. The number of thioether (sulfide) groups is 1. The first-order valence-corrected chi connectivity index (χ1v) is 12.3. The van der Waals surface area contributed by atoms with Crippen molar-refractivity contribution in [2.24, 2.45) is 0 Å². The fourth-order valence-corrected chi connectivity index (χ4v) is 5.60. The SMILES string of the molecule is Cc1cccc(NC(=O)CN2C(=O)S/C(=C\c3cc4c(cc3Cl)N(C)C(C)(C)C[C@@H]4C)C2=O)c1. The number of carbonyl (C=O) groups excluding carboxylic acids is 3. The van der Waals surface area contributed by atoms with Crippen LogP contribution in [-0.2, 0) is 9.59 Å². The average molecular weight is 498 g/mol. The van der Waals surface area contributed by atoms with Gasteiger partial charge in [0, 0.05) is 29.0 Å². The summed E-state index contributed by atoms with van der Waals surface area (Å²) < 4.78 is 0. The highest BCUT2D eigenvalue weighted by molar-refractivity contribution is 8.18. The second-order valence-corrected chi connectivity index (χ2v) is 11.0. The van der Waals surface area contributed by atoms with Gasteiger partial charge in [-0.3, -0.25) is 19.3 Å². The molecular weight excluding hydrogens is 470 g/mol. The molecule has 2 aromatic rings. The first kappa shape index (κ1) is 24.4. The molecule has 0 radical (unpaired) electrons. The van der Waals surface area contributed by atoms with E-state index >= 15 is 0 Å². The summed E-state index contributed by atoms with van der Waals surface area (Å²) in [5.74, 6) is -0.596. The van der Waals surface area contributed by atoms with Crippen molar-refractivity contribution < 1.29 is 14.4 Å². The molecule has 2 aromatic carbocycles. The van der Waals surface area contributed by atoms with Gasteiger partial charge in [-0.1, -0.05) is 30.7 Å². The number of halogens is 1. The number of imide groups is 1. The Bertz CT molecular complexity index is 1220. The Morgan fingerprint density at radius 2 is 2.00 bits per heavy atom. The number of nitrogens with zero attached hydrogens (tertiary/aromatic N) is 2. The minimum absolute atomic E-state index is 0.0128. The molecule has 1 saturated heterocycles. The number of amides is 3. The van der Waals surface area contributed by atoms with Crippen LogP contribution in [0.4, 0.5) is 16.2 Å². The number of rotatable bonds is 4. The van der Waals surface area contributed by atoms with Gasteiger partial charge in [0.2, 0.25) is 5.91 Å². The van der Waals surface area contributed by atoms with E-state index in [1.165, 1.54) is 0 Å². The summed E-state index contributed by atoms with van der Waals surface area (Å²) >= 11 is 7.42. The Labute approximate surface area is 209 Å². The van der Waals surface area contributed by atoms with E-state index in [4.69, 9.17) is 11.6 Å². The zero-order valence-electron chi connectivity index (χ0n) is 19.9. The van der Waals surface area contributed by atoms with Crippen LogP contribution in [0.2, 0.25) is 5.02 Å². The summed E-state index contributed by atoms with van der Waals surface area (Å²) in [6, 6.07) is 11.3. The van der Waals surface area contributed by atoms with Crippen molar-refractivity contribution in [2.75, 3.05) is 23.8 Å². The van der Waals surface area contributed by atoms with Gasteiger partial charge >= 0.3 is 0 Å². The molecule has 0 spiro atoms. The molecule has 1 fully saturated rings. The maximum atomic E-state index is 12.9. The van der Waals surface area contributed by atoms with E-state index in [1.54, 1.807) is 12.1 Å². The highest BCUT2D eigenvalue weighted by Crippen LogP contribution is 2.45. The monoisotopic (exact) mass is 497 g/mol. The van der Waals surface area contributed by atoms with Crippen LogP contribution in [0.25, 0.3) is 6.08 Å². The lowest BCUT2D eigenvalue weighted by Gasteiger charge is -2.45. The second kappa shape index (κ2) is 9.12. The quantitative estimate of drug-likeness (QED) is 0.521. The van der Waals surface area contributed by atoms with Gasteiger partial charge in [0.1, 0.15) is 6.54 Å². The first-order valence-electron chi connectivity index (χ1n) is 11.2. The van der Waals surface area contributed by atoms with Crippen molar-refractivity contribution in [1.82, 2.24) is 4.90 Å². The van der Waals surface area contributed by atoms with Gasteiger partial charge in [-0.2, -0.15) is 0 Å². The van der Waals surface area contributed by atoms with Gasteiger partial charge in [0.05, 0.1) is 4.91 Å². The lowest BCUT2D eigenvalue weighted by molar-refractivity contribution is -0.127. The third-order valence-corrected chi connectivity index (χ3v) is 7.75. The zero-order chi connectivity index (χ0) is 24.8. The molecule has 2 heterocycles. The standard InChI is InChI=1S/C26H28ClN3O3S/c1-15-7-6-8-18(9-15)28-23(31)14-30-24(32)22(34-25(30)33)11-17-10-19-16(2)13-26(3,4)29(5)21(19)12-20(17)27/h6-12,16H,13-14H2,1-5H3,(H,28,31)/b22-11-/t16-/m0/s1. The fraction of sp³-hybridized carbons (Fsp3) is 0.346. The summed E-state index contributed by atoms with van der Waals surface area (Å²) in [5, 5.41) is 2.78. The van der Waals surface area contributed by atoms with E-state index in [-0.39, 0.29) is 17.0 Å². The van der Waals surface area contributed by atoms with Crippen LogP contribution in [0.3, 0.4) is 0 Å². The van der Waals surface area contributed by atoms with E-state index in [0.717, 1.165) is 39.9 Å². The Kier molecular flexibility index (Phi) is 6.53. The molecule has 4 rings (SSSR count). The lowest BCUT2D eigenvalue weighted by Crippen LogP contribution is -2.45. The van der Waals surface area contributed by atoms with Gasteiger partial charge < -0.3 is 10.2 Å². The number of benzene rings is 2. The number of nitrogens with one attached hydrogen (secondary N) is 1. The zero-order valence-corrected chi connectivity index (χ0v) is 21.5. The Hall–Kier alpha value is -2.77. The van der Waals surface area contributed by atoms with Crippen LogP contribution in [0, 0.1) is 6.92 Å². The van der Waals surface area contributed by atoms with Crippen molar-refractivity contribution in [3.05, 3.63) is 63.0 Å². The number of hydrogen-bond acceptors (Lipinski definition) is 5. The maximum Gasteiger partial charge on any atom is 0.294 e. The number of fused-ring (bicyclic) bond motifs is 1. The molecule has 0 unspecified atom stereocenters. The minimum atomic E-state index is -0.491. The van der Waals surface area contributed by atoms with E-state index < -0.39 is 17.1 Å². The molecule has 6 nitrogen and oxygen atoms in total. The molecule has 2 aliphatic heterocycles. The van der Waals surface area contributed by atoms with Gasteiger partial charge in [-0.15, -0.1) is 0 Å². The van der Waals surface area contributed by atoms with Gasteiger partial charge in [-0.25, -0.2) is 0 Å². The average Bonchev–Trinajstić information content (AvgIpc) is 3.00. The summed E-state index contributed by atoms with van der Waals surface area (Å²) in [7, 11) is 2.06. The molecule has 34 heavy (non-hydrogen) atoms. The number of aryl methyl sites for hydroxylation is 1. The maximum absolute atomic E-state index is 12.9. The number of anilines is 2. The third kappa shape index (κ3) is 4.72. The molecule has 2 aliphatic rings. The van der Waals surface area contributed by atoms with Crippen molar-refractivity contribution in [3.8, 4) is 0 Å². The largest absolute Gasteiger partial charge is 0.369 e. The van der Waals surface area contributed by atoms with E-state index in [2.05, 4.69) is 38.0 Å². The van der Waals surface area contributed by atoms with Crippen molar-refractivity contribution in [2.45, 2.75) is 45.6 Å². The molecule has 1 N–H and O–H groups in total. The van der Waals surface area contributed by atoms with Crippen molar-refractivity contribution in [1.29, 1.82) is 0 Å². The third-order valence-electron chi connectivity index (χ3n) is 6.52. The minimum Gasteiger partial charge on any atom is -0.369 e. The Morgan fingerprint density at radius 3 is 2.71 bits per heavy atom. The molecule has 8 heteroatoms. The molecule has 0 aliphatic carbocycles. The van der Waals surface area contributed by atoms with Crippen molar-refractivity contribution >= 4 is 57.9 Å². The van der Waals surface area contributed by atoms with Crippen molar-refractivity contribution in [3.63, 3.8) is 0 Å². The summed E-state index contributed by atoms with van der Waals surface area (Å²) in [6.45, 7) is 8.18. The predicted molar refractivity (Wildman–Crippen MR) is 139 cm³/mol. The summed E-state index contributed by atoms with van der Waals surface area (Å²) in [4.78, 5) is 41.4. The van der Waals surface area contributed by atoms with E-state index in [0.29, 0.717) is 22.2 Å². The van der Waals surface area contributed by atoms with Crippen LogP contribution in [0.1, 0.15) is 49.8 Å². The normalized spacial score (nSPS) is 20.6. The van der Waals surface area contributed by atoms with Crippen LogP contribution >= 0.6 is 23.4 Å².